The molecule has 0 bridgehead atoms. The number of phenolic OH excluding ortho intramolecular Hbond substituents is 1. The zero-order valence-electron chi connectivity index (χ0n) is 15.2. The molecular formula is C19H20Cl2N2O4S. The monoisotopic (exact) mass is 442 g/mol. The maximum absolute atomic E-state index is 12.9. The number of aromatic hydroxyl groups is 1. The number of sulfonamides is 1. The van der Waals surface area contributed by atoms with Crippen LogP contribution in [-0.4, -0.2) is 54.8 Å². The highest BCUT2D eigenvalue weighted by Gasteiger charge is 2.32. The van der Waals surface area contributed by atoms with Crippen LogP contribution in [0.15, 0.2) is 41.3 Å². The molecule has 9 heteroatoms. The number of nitrogens with zero attached hydrogens (tertiary/aromatic N) is 2. The lowest BCUT2D eigenvalue weighted by atomic mass is 10.1. The third-order valence-corrected chi connectivity index (χ3v) is 7.63. The van der Waals surface area contributed by atoms with Crippen molar-refractivity contribution in [3.05, 3.63) is 57.6 Å². The van der Waals surface area contributed by atoms with Crippen LogP contribution < -0.4 is 0 Å². The summed E-state index contributed by atoms with van der Waals surface area (Å²) in [5, 5.41) is 10.2. The number of benzene rings is 2. The van der Waals surface area contributed by atoms with Gasteiger partial charge < -0.3 is 10.0 Å². The van der Waals surface area contributed by atoms with E-state index in [2.05, 4.69) is 0 Å². The second-order valence-electron chi connectivity index (χ2n) is 6.45. The summed E-state index contributed by atoms with van der Waals surface area (Å²) < 4.78 is 27.1. The van der Waals surface area contributed by atoms with Crippen LogP contribution in [-0.2, 0) is 16.4 Å². The largest absolute Gasteiger partial charge is 0.507 e. The number of aryl methyl sites for hydroxylation is 1. The fourth-order valence-electron chi connectivity index (χ4n) is 3.10. The van der Waals surface area contributed by atoms with Crippen LogP contribution >= 0.6 is 23.2 Å². The standard InChI is InChI=1S/C19H20Cl2N2O4S/c1-2-13-6-7-16(24)14(12-13)19(25)22-8-10-23(11-9-22)28(26,27)17-5-3-4-15(20)18(17)21/h3-7,12,24H,2,8-11H2,1H3. The Labute approximate surface area is 174 Å². The first-order valence-corrected chi connectivity index (χ1v) is 11.0. The summed E-state index contributed by atoms with van der Waals surface area (Å²) in [6, 6.07) is 9.42. The van der Waals surface area contributed by atoms with Crippen molar-refractivity contribution >= 4 is 39.1 Å². The molecule has 0 atom stereocenters. The van der Waals surface area contributed by atoms with E-state index in [9.17, 15) is 18.3 Å². The predicted molar refractivity (Wildman–Crippen MR) is 109 cm³/mol. The minimum absolute atomic E-state index is 0.0102. The summed E-state index contributed by atoms with van der Waals surface area (Å²) in [7, 11) is -3.82. The van der Waals surface area contributed by atoms with Crippen LogP contribution in [0, 0.1) is 0 Å². The Balaban J connectivity index is 1.76. The molecule has 0 unspecified atom stereocenters. The topological polar surface area (TPSA) is 77.9 Å². The second kappa shape index (κ2) is 8.29. The molecule has 1 fully saturated rings. The van der Waals surface area contributed by atoms with E-state index < -0.39 is 10.0 Å². The van der Waals surface area contributed by atoms with Gasteiger partial charge in [-0.25, -0.2) is 8.42 Å². The summed E-state index contributed by atoms with van der Waals surface area (Å²) in [5.74, 6) is -0.395. The highest BCUT2D eigenvalue weighted by molar-refractivity contribution is 7.89. The number of hydrogen-bond donors (Lipinski definition) is 1. The van der Waals surface area contributed by atoms with Gasteiger partial charge in [0.25, 0.3) is 5.91 Å². The fraction of sp³-hybridized carbons (Fsp3) is 0.316. The molecule has 0 saturated carbocycles. The van der Waals surface area contributed by atoms with E-state index in [-0.39, 0.29) is 58.3 Å². The molecular weight excluding hydrogens is 423 g/mol. The van der Waals surface area contributed by atoms with Crippen molar-refractivity contribution < 1.29 is 18.3 Å². The van der Waals surface area contributed by atoms with Crippen LogP contribution in [0.4, 0.5) is 0 Å². The minimum atomic E-state index is -3.82. The first-order chi connectivity index (χ1) is 13.3. The molecule has 1 aliphatic rings. The van der Waals surface area contributed by atoms with E-state index >= 15 is 0 Å². The van der Waals surface area contributed by atoms with Crippen LogP contribution in [0.5, 0.6) is 5.75 Å². The highest BCUT2D eigenvalue weighted by Crippen LogP contribution is 2.31. The van der Waals surface area contributed by atoms with Gasteiger partial charge in [0.2, 0.25) is 10.0 Å². The summed E-state index contributed by atoms with van der Waals surface area (Å²) in [5.41, 5.74) is 1.17. The van der Waals surface area contributed by atoms with Gasteiger partial charge in [-0.3, -0.25) is 4.79 Å². The van der Waals surface area contributed by atoms with Gasteiger partial charge in [-0.1, -0.05) is 42.3 Å². The lowest BCUT2D eigenvalue weighted by Crippen LogP contribution is -2.50. The highest BCUT2D eigenvalue weighted by atomic mass is 35.5. The van der Waals surface area contributed by atoms with Gasteiger partial charge in [0.1, 0.15) is 10.6 Å². The van der Waals surface area contributed by atoms with Crippen LogP contribution in [0.25, 0.3) is 0 Å². The Morgan fingerprint density at radius 2 is 1.79 bits per heavy atom. The summed E-state index contributed by atoms with van der Waals surface area (Å²) in [6.45, 7) is 2.65. The molecule has 6 nitrogen and oxygen atoms in total. The van der Waals surface area contributed by atoms with E-state index in [1.54, 1.807) is 17.0 Å². The molecule has 150 valence electrons. The number of rotatable bonds is 4. The average Bonchev–Trinajstić information content (AvgIpc) is 2.70. The molecule has 0 aliphatic carbocycles. The van der Waals surface area contributed by atoms with Gasteiger partial charge in [0, 0.05) is 26.2 Å². The third kappa shape index (κ3) is 3.98. The molecule has 2 aromatic carbocycles. The van der Waals surface area contributed by atoms with Gasteiger partial charge in [0.05, 0.1) is 15.6 Å². The zero-order chi connectivity index (χ0) is 20.5. The van der Waals surface area contributed by atoms with Crippen molar-refractivity contribution in [1.29, 1.82) is 0 Å². The van der Waals surface area contributed by atoms with Gasteiger partial charge in [-0.2, -0.15) is 4.31 Å². The Hall–Kier alpha value is -1.80. The summed E-state index contributed by atoms with van der Waals surface area (Å²) in [6.07, 6.45) is 0.743. The lowest BCUT2D eigenvalue weighted by molar-refractivity contribution is 0.0694. The van der Waals surface area contributed by atoms with E-state index in [0.717, 1.165) is 12.0 Å². The maximum Gasteiger partial charge on any atom is 0.257 e. The number of phenols is 1. The molecule has 1 saturated heterocycles. The molecule has 3 rings (SSSR count). The normalized spacial score (nSPS) is 15.6. The van der Waals surface area contributed by atoms with Gasteiger partial charge in [0.15, 0.2) is 0 Å². The van der Waals surface area contributed by atoms with Crippen LogP contribution in [0.3, 0.4) is 0 Å². The van der Waals surface area contributed by atoms with Crippen LogP contribution in [0.1, 0.15) is 22.8 Å². The number of carbonyl (C=O) groups is 1. The predicted octanol–water partition coefficient (Wildman–Crippen LogP) is 3.41. The smallest absolute Gasteiger partial charge is 0.257 e. The molecule has 28 heavy (non-hydrogen) atoms. The third-order valence-electron chi connectivity index (χ3n) is 4.76. The van der Waals surface area contributed by atoms with Crippen molar-refractivity contribution in [1.82, 2.24) is 9.21 Å². The quantitative estimate of drug-likeness (QED) is 0.786. The van der Waals surface area contributed by atoms with E-state index in [1.807, 2.05) is 6.92 Å². The summed E-state index contributed by atoms with van der Waals surface area (Å²) in [4.78, 5) is 14.3. The fourth-order valence-corrected chi connectivity index (χ4v) is 5.26. The number of halogens is 2. The Kier molecular flexibility index (Phi) is 6.19. The van der Waals surface area contributed by atoms with E-state index in [1.165, 1.54) is 28.6 Å². The van der Waals surface area contributed by atoms with Crippen molar-refractivity contribution in [3.8, 4) is 5.75 Å². The average molecular weight is 443 g/mol. The van der Waals surface area contributed by atoms with E-state index in [4.69, 9.17) is 23.2 Å². The molecule has 0 radical (unpaired) electrons. The van der Waals surface area contributed by atoms with Gasteiger partial charge >= 0.3 is 0 Å². The van der Waals surface area contributed by atoms with Crippen LogP contribution in [0.2, 0.25) is 10.0 Å². The molecule has 1 aliphatic heterocycles. The zero-order valence-corrected chi connectivity index (χ0v) is 17.6. The van der Waals surface area contributed by atoms with Crippen molar-refractivity contribution in [2.45, 2.75) is 18.2 Å². The summed E-state index contributed by atoms with van der Waals surface area (Å²) >= 11 is 12.0. The Bertz CT molecular complexity index is 1000. The van der Waals surface area contributed by atoms with Crippen molar-refractivity contribution in [2.75, 3.05) is 26.2 Å². The second-order valence-corrected chi connectivity index (χ2v) is 9.14. The maximum atomic E-state index is 12.9. The molecule has 1 heterocycles. The van der Waals surface area contributed by atoms with Gasteiger partial charge in [-0.15, -0.1) is 0 Å². The number of carbonyl (C=O) groups excluding carboxylic acids is 1. The molecule has 1 N–H and O–H groups in total. The Morgan fingerprint density at radius 3 is 2.43 bits per heavy atom. The van der Waals surface area contributed by atoms with Crippen molar-refractivity contribution in [2.24, 2.45) is 0 Å². The van der Waals surface area contributed by atoms with E-state index in [0.29, 0.717) is 0 Å². The van der Waals surface area contributed by atoms with Crippen molar-refractivity contribution in [3.63, 3.8) is 0 Å². The number of amides is 1. The molecule has 0 aromatic heterocycles. The molecule has 1 amide bonds. The van der Waals surface area contributed by atoms with Gasteiger partial charge in [-0.05, 0) is 36.2 Å². The Morgan fingerprint density at radius 1 is 1.11 bits per heavy atom. The number of piperazine rings is 1. The first-order valence-electron chi connectivity index (χ1n) is 8.81. The number of hydrogen-bond acceptors (Lipinski definition) is 4. The lowest BCUT2D eigenvalue weighted by Gasteiger charge is -2.34. The minimum Gasteiger partial charge on any atom is -0.507 e. The molecule has 2 aromatic rings. The molecule has 0 spiro atoms. The SMILES string of the molecule is CCc1ccc(O)c(C(=O)N2CCN(S(=O)(=O)c3cccc(Cl)c3Cl)CC2)c1. The first kappa shape index (κ1) is 20.9.